The van der Waals surface area contributed by atoms with E-state index < -0.39 is 5.41 Å². The maximum absolute atomic E-state index is 7.57. The van der Waals surface area contributed by atoms with Crippen LogP contribution in [0.4, 0.5) is 0 Å². The first-order valence-corrected chi connectivity index (χ1v) is 19.8. The molecule has 0 spiro atoms. The highest BCUT2D eigenvalue weighted by atomic mass is 16.3. The van der Waals surface area contributed by atoms with Crippen LogP contribution in [0.5, 0.6) is 0 Å². The maximum atomic E-state index is 7.57. The Bertz CT molecular complexity index is 3580. The lowest BCUT2D eigenvalue weighted by molar-refractivity contribution is 0.668. The Balaban J connectivity index is 1.26. The molecule has 3 heteroatoms. The van der Waals surface area contributed by atoms with Crippen molar-refractivity contribution in [2.75, 3.05) is 0 Å². The van der Waals surface area contributed by atoms with E-state index in [1.807, 2.05) is 24.3 Å². The minimum atomic E-state index is -0.680. The SMILES string of the molecule is c1ccc(C2(c3ccccc3)c3ccccc3-c3ccc(-c4cccc5oc6ccccc6c45)c4oc5c(-c6cccc7oc8ccccc8c67)ccc2c5c34)cc1. The van der Waals surface area contributed by atoms with Crippen molar-refractivity contribution in [1.29, 1.82) is 0 Å². The van der Waals surface area contributed by atoms with Crippen molar-refractivity contribution >= 4 is 65.8 Å². The monoisotopic (exact) mass is 740 g/mol. The number of hydrogen-bond donors (Lipinski definition) is 0. The first-order valence-electron chi connectivity index (χ1n) is 19.8. The molecule has 1 aliphatic rings. The predicted molar refractivity (Wildman–Crippen MR) is 236 cm³/mol. The Morgan fingerprint density at radius 3 is 1.33 bits per heavy atom. The van der Waals surface area contributed by atoms with Gasteiger partial charge in [0, 0.05) is 43.4 Å². The third-order valence-corrected chi connectivity index (χ3v) is 12.6. The molecule has 0 saturated heterocycles. The van der Waals surface area contributed by atoms with E-state index in [4.69, 9.17) is 13.3 Å². The van der Waals surface area contributed by atoms with Crippen molar-refractivity contribution < 1.29 is 13.3 Å². The summed E-state index contributed by atoms with van der Waals surface area (Å²) in [6.07, 6.45) is 0. The second kappa shape index (κ2) is 11.7. The molecule has 12 aromatic rings. The Morgan fingerprint density at radius 1 is 0.259 bits per heavy atom. The standard InChI is InChI=1S/C55H32O3/c1-3-15-33(16-4-1)55(34-17-5-2-6-18-34)43-24-10-7-19-35(43)38-29-30-39(36-22-13-27-47-49(36)41-20-8-11-25-45(41)56-47)53-51(38)52-44(55)32-31-40(54(52)58-53)37-23-14-28-48-50(37)42-21-9-12-26-46(42)57-48/h1-32H. The van der Waals surface area contributed by atoms with Crippen LogP contribution in [-0.2, 0) is 5.41 Å². The number of para-hydroxylation sites is 2. The summed E-state index contributed by atoms with van der Waals surface area (Å²) < 4.78 is 20.5. The number of benzene rings is 9. The van der Waals surface area contributed by atoms with Crippen molar-refractivity contribution in [3.05, 3.63) is 216 Å². The van der Waals surface area contributed by atoms with Crippen LogP contribution in [0.25, 0.3) is 99.2 Å². The Hall–Kier alpha value is -7.62. The van der Waals surface area contributed by atoms with Gasteiger partial charge in [0.05, 0.1) is 5.41 Å². The molecule has 3 aromatic heterocycles. The normalized spacial score (nSPS) is 13.3. The van der Waals surface area contributed by atoms with Gasteiger partial charge in [-0.1, -0.05) is 164 Å². The summed E-state index contributed by atoms with van der Waals surface area (Å²) in [6, 6.07) is 69.6. The summed E-state index contributed by atoms with van der Waals surface area (Å²) in [5, 5.41) is 6.56. The quantitative estimate of drug-likeness (QED) is 0.180. The van der Waals surface area contributed by atoms with Gasteiger partial charge in [-0.05, 0) is 74.8 Å². The summed E-state index contributed by atoms with van der Waals surface area (Å²) in [4.78, 5) is 0. The molecule has 0 amide bonds. The van der Waals surface area contributed by atoms with Gasteiger partial charge in [-0.15, -0.1) is 0 Å². The van der Waals surface area contributed by atoms with Gasteiger partial charge in [0.1, 0.15) is 33.5 Å². The Kier molecular flexibility index (Phi) is 6.37. The van der Waals surface area contributed by atoms with Gasteiger partial charge >= 0.3 is 0 Å². The molecule has 270 valence electrons. The van der Waals surface area contributed by atoms with Crippen molar-refractivity contribution in [3.63, 3.8) is 0 Å². The molecule has 58 heavy (non-hydrogen) atoms. The zero-order valence-electron chi connectivity index (χ0n) is 31.2. The number of hydrogen-bond acceptors (Lipinski definition) is 3. The van der Waals surface area contributed by atoms with Crippen LogP contribution < -0.4 is 0 Å². The van der Waals surface area contributed by atoms with E-state index in [0.29, 0.717) is 0 Å². The molecule has 0 unspecified atom stereocenters. The van der Waals surface area contributed by atoms with E-state index in [0.717, 1.165) is 93.6 Å². The molecule has 0 bridgehead atoms. The second-order valence-electron chi connectivity index (χ2n) is 15.4. The zero-order chi connectivity index (χ0) is 38.0. The molecule has 0 aliphatic heterocycles. The van der Waals surface area contributed by atoms with Gasteiger partial charge in [-0.25, -0.2) is 0 Å². The zero-order valence-corrected chi connectivity index (χ0v) is 31.2. The average molecular weight is 741 g/mol. The van der Waals surface area contributed by atoms with Crippen LogP contribution in [0, 0.1) is 0 Å². The largest absolute Gasteiger partial charge is 0.456 e. The van der Waals surface area contributed by atoms with E-state index in [2.05, 4.69) is 170 Å². The minimum absolute atomic E-state index is 0.680. The molecule has 3 heterocycles. The smallest absolute Gasteiger partial charge is 0.143 e. The van der Waals surface area contributed by atoms with E-state index >= 15 is 0 Å². The summed E-state index contributed by atoms with van der Waals surface area (Å²) in [5.41, 5.74) is 15.8. The van der Waals surface area contributed by atoms with Gasteiger partial charge in [-0.3, -0.25) is 0 Å². The molecule has 0 fully saturated rings. The summed E-state index contributed by atoms with van der Waals surface area (Å²) >= 11 is 0. The molecule has 0 atom stereocenters. The van der Waals surface area contributed by atoms with Crippen LogP contribution in [0.3, 0.4) is 0 Å². The van der Waals surface area contributed by atoms with Crippen molar-refractivity contribution in [2.24, 2.45) is 0 Å². The highest BCUT2D eigenvalue weighted by Crippen LogP contribution is 2.58. The lowest BCUT2D eigenvalue weighted by Gasteiger charge is -2.38. The maximum Gasteiger partial charge on any atom is 0.143 e. The van der Waals surface area contributed by atoms with Gasteiger partial charge < -0.3 is 13.3 Å². The third kappa shape index (κ3) is 4.07. The number of rotatable bonds is 4. The Labute approximate surface area is 333 Å². The molecule has 3 nitrogen and oxygen atoms in total. The van der Waals surface area contributed by atoms with E-state index in [1.165, 1.54) is 27.8 Å². The van der Waals surface area contributed by atoms with Crippen LogP contribution in [0.1, 0.15) is 22.3 Å². The predicted octanol–water partition coefficient (Wildman–Crippen LogP) is 15.1. The lowest BCUT2D eigenvalue weighted by atomic mass is 9.63. The Morgan fingerprint density at radius 2 is 0.707 bits per heavy atom. The first-order chi connectivity index (χ1) is 28.8. The van der Waals surface area contributed by atoms with Crippen molar-refractivity contribution in [2.45, 2.75) is 5.41 Å². The van der Waals surface area contributed by atoms with Crippen LogP contribution in [-0.4, -0.2) is 0 Å². The number of furan rings is 3. The van der Waals surface area contributed by atoms with Gasteiger partial charge in [0.15, 0.2) is 0 Å². The number of fused-ring (bicyclic) bond motifs is 8. The molecule has 1 aliphatic carbocycles. The topological polar surface area (TPSA) is 39.4 Å². The molecule has 13 rings (SSSR count). The fraction of sp³-hybridized carbons (Fsp3) is 0.0182. The molecule has 0 saturated carbocycles. The van der Waals surface area contributed by atoms with Gasteiger partial charge in [0.25, 0.3) is 0 Å². The summed E-state index contributed by atoms with van der Waals surface area (Å²) in [7, 11) is 0. The molecule has 0 N–H and O–H groups in total. The van der Waals surface area contributed by atoms with E-state index in [9.17, 15) is 0 Å². The highest BCUT2D eigenvalue weighted by Gasteiger charge is 2.44. The summed E-state index contributed by atoms with van der Waals surface area (Å²) in [6.45, 7) is 0. The highest BCUT2D eigenvalue weighted by molar-refractivity contribution is 6.25. The third-order valence-electron chi connectivity index (χ3n) is 12.6. The van der Waals surface area contributed by atoms with Gasteiger partial charge in [-0.2, -0.15) is 0 Å². The van der Waals surface area contributed by atoms with Crippen molar-refractivity contribution in [1.82, 2.24) is 0 Å². The second-order valence-corrected chi connectivity index (χ2v) is 15.4. The van der Waals surface area contributed by atoms with E-state index in [-0.39, 0.29) is 0 Å². The molecule has 9 aromatic carbocycles. The molecular formula is C55H32O3. The van der Waals surface area contributed by atoms with Crippen LogP contribution in [0.2, 0.25) is 0 Å². The molecular weight excluding hydrogens is 709 g/mol. The molecule has 0 radical (unpaired) electrons. The first kappa shape index (κ1) is 31.6. The fourth-order valence-electron chi connectivity index (χ4n) is 10.3. The minimum Gasteiger partial charge on any atom is -0.456 e. The average Bonchev–Trinajstić information content (AvgIpc) is 3.98. The summed E-state index contributed by atoms with van der Waals surface area (Å²) in [5.74, 6) is 0. The van der Waals surface area contributed by atoms with Crippen molar-refractivity contribution in [3.8, 4) is 33.4 Å². The van der Waals surface area contributed by atoms with Crippen LogP contribution in [0.15, 0.2) is 207 Å². The van der Waals surface area contributed by atoms with Crippen LogP contribution >= 0.6 is 0 Å². The van der Waals surface area contributed by atoms with Gasteiger partial charge in [0.2, 0.25) is 0 Å². The lowest BCUT2D eigenvalue weighted by Crippen LogP contribution is -2.31. The fourth-order valence-corrected chi connectivity index (χ4v) is 10.3. The van der Waals surface area contributed by atoms with E-state index in [1.54, 1.807) is 0 Å².